The second kappa shape index (κ2) is 2.40. The van der Waals surface area contributed by atoms with Crippen molar-refractivity contribution in [2.75, 3.05) is 5.43 Å². The highest BCUT2D eigenvalue weighted by Gasteiger charge is 1.97. The number of anilines is 1. The maximum absolute atomic E-state index is 5.06. The molecule has 0 spiro atoms. The van der Waals surface area contributed by atoms with Gasteiger partial charge in [-0.15, -0.1) is 0 Å². The van der Waals surface area contributed by atoms with E-state index in [0.717, 1.165) is 0 Å². The van der Waals surface area contributed by atoms with Gasteiger partial charge in [0.1, 0.15) is 0 Å². The molecule has 1 aromatic heterocycles. The summed E-state index contributed by atoms with van der Waals surface area (Å²) >= 11 is 0. The molecule has 1 heterocycles. The zero-order chi connectivity index (χ0) is 6.69. The maximum Gasteiger partial charge on any atom is 0.257 e. The summed E-state index contributed by atoms with van der Waals surface area (Å²) in [5, 5.41) is 10.6. The maximum atomic E-state index is 5.06. The number of aryl methyl sites for hydroxylation is 1. The largest absolute Gasteiger partial charge is 0.291 e. The highest BCUT2D eigenvalue weighted by Crippen LogP contribution is 1.93. The van der Waals surface area contributed by atoms with E-state index in [-0.39, 0.29) is 0 Å². The monoisotopic (exact) mass is 128 g/mol. The van der Waals surface area contributed by atoms with E-state index in [0.29, 0.717) is 12.5 Å². The molecule has 0 saturated carbocycles. The number of nitrogens with zero attached hydrogens (tertiary/aromatic N) is 4. The molecule has 9 heavy (non-hydrogen) atoms. The van der Waals surface area contributed by atoms with Crippen molar-refractivity contribution in [3.05, 3.63) is 0 Å². The Morgan fingerprint density at radius 3 is 3.00 bits per heavy atom. The number of rotatable bonds is 2. The lowest BCUT2D eigenvalue weighted by molar-refractivity contribution is 0.630. The normalized spacial score (nSPS) is 9.56. The number of hydrogen-bond donors (Lipinski definition) is 2. The van der Waals surface area contributed by atoms with E-state index >= 15 is 0 Å². The Balaban J connectivity index is 2.85. The first-order chi connectivity index (χ1) is 4.38. The molecule has 0 radical (unpaired) electrons. The molecule has 1 rings (SSSR count). The van der Waals surface area contributed by atoms with Crippen LogP contribution >= 0.6 is 0 Å². The first kappa shape index (κ1) is 5.96. The van der Waals surface area contributed by atoms with E-state index in [9.17, 15) is 0 Å². The van der Waals surface area contributed by atoms with Gasteiger partial charge >= 0.3 is 0 Å². The summed E-state index contributed by atoms with van der Waals surface area (Å²) in [5.41, 5.74) is 2.35. The van der Waals surface area contributed by atoms with Crippen LogP contribution in [0.5, 0.6) is 0 Å². The van der Waals surface area contributed by atoms with Crippen molar-refractivity contribution < 1.29 is 0 Å². The minimum Gasteiger partial charge on any atom is -0.291 e. The summed E-state index contributed by atoms with van der Waals surface area (Å²) in [6, 6.07) is 0. The molecule has 0 aromatic carbocycles. The van der Waals surface area contributed by atoms with Crippen molar-refractivity contribution in [2.24, 2.45) is 5.84 Å². The predicted molar refractivity (Wildman–Crippen MR) is 31.3 cm³/mol. The minimum absolute atomic E-state index is 0.484. The second-order valence-corrected chi connectivity index (χ2v) is 1.46. The minimum atomic E-state index is 0.484. The van der Waals surface area contributed by atoms with Crippen molar-refractivity contribution in [2.45, 2.75) is 13.5 Å². The summed E-state index contributed by atoms with van der Waals surface area (Å²) in [6.07, 6.45) is 0. The molecule has 0 aliphatic carbocycles. The Hall–Kier alpha value is -1.17. The van der Waals surface area contributed by atoms with Gasteiger partial charge in [-0.3, -0.25) is 5.43 Å². The lowest BCUT2D eigenvalue weighted by Crippen LogP contribution is -2.13. The Bertz CT molecular complexity index is 162. The summed E-state index contributed by atoms with van der Waals surface area (Å²) in [5.74, 6) is 5.54. The smallest absolute Gasteiger partial charge is 0.257 e. The third-order valence-electron chi connectivity index (χ3n) is 0.961. The van der Waals surface area contributed by atoms with Crippen LogP contribution in [0.2, 0.25) is 0 Å². The van der Waals surface area contributed by atoms with Crippen LogP contribution in [0, 0.1) is 0 Å². The first-order valence-electron chi connectivity index (χ1n) is 2.61. The summed E-state index contributed by atoms with van der Waals surface area (Å²) < 4.78 is 1.56. The SMILES string of the molecule is CCn1nnnc1NN. The average Bonchev–Trinajstić information content (AvgIpc) is 2.33. The van der Waals surface area contributed by atoms with Crippen molar-refractivity contribution in [1.82, 2.24) is 20.2 Å². The lowest BCUT2D eigenvalue weighted by Gasteiger charge is -1.95. The molecular weight excluding hydrogens is 120 g/mol. The van der Waals surface area contributed by atoms with E-state index in [1.807, 2.05) is 6.92 Å². The van der Waals surface area contributed by atoms with Gasteiger partial charge in [0.05, 0.1) is 0 Å². The fourth-order valence-corrected chi connectivity index (χ4v) is 0.521. The number of tetrazole rings is 1. The highest BCUT2D eigenvalue weighted by molar-refractivity contribution is 5.17. The van der Waals surface area contributed by atoms with Gasteiger partial charge in [0, 0.05) is 6.54 Å². The van der Waals surface area contributed by atoms with Crippen molar-refractivity contribution in [3.8, 4) is 0 Å². The summed E-state index contributed by atoms with van der Waals surface area (Å²) in [4.78, 5) is 0. The van der Waals surface area contributed by atoms with Crippen LogP contribution in [0.1, 0.15) is 6.92 Å². The Morgan fingerprint density at radius 1 is 1.78 bits per heavy atom. The Morgan fingerprint density at radius 2 is 2.56 bits per heavy atom. The molecule has 1 aromatic rings. The van der Waals surface area contributed by atoms with Gasteiger partial charge < -0.3 is 0 Å². The van der Waals surface area contributed by atoms with Gasteiger partial charge in [-0.1, -0.05) is 5.10 Å². The summed E-state index contributed by atoms with van der Waals surface area (Å²) in [7, 11) is 0. The van der Waals surface area contributed by atoms with Crippen molar-refractivity contribution in [1.29, 1.82) is 0 Å². The Kier molecular flexibility index (Phi) is 1.59. The van der Waals surface area contributed by atoms with Crippen LogP contribution in [0.4, 0.5) is 5.95 Å². The van der Waals surface area contributed by atoms with Crippen LogP contribution in [-0.2, 0) is 6.54 Å². The average molecular weight is 128 g/mol. The topological polar surface area (TPSA) is 81.7 Å². The predicted octanol–water partition coefficient (Wildman–Crippen LogP) is -1.02. The molecule has 0 aliphatic heterocycles. The molecule has 6 heteroatoms. The Labute approximate surface area is 52.0 Å². The number of aromatic nitrogens is 4. The van der Waals surface area contributed by atoms with E-state index in [1.165, 1.54) is 0 Å². The quantitative estimate of drug-likeness (QED) is 0.393. The fraction of sp³-hybridized carbons (Fsp3) is 0.667. The van der Waals surface area contributed by atoms with E-state index < -0.39 is 0 Å². The van der Waals surface area contributed by atoms with Gasteiger partial charge in [0.15, 0.2) is 0 Å². The van der Waals surface area contributed by atoms with Gasteiger partial charge in [0.25, 0.3) is 5.95 Å². The van der Waals surface area contributed by atoms with Gasteiger partial charge in [0.2, 0.25) is 0 Å². The van der Waals surface area contributed by atoms with E-state index in [1.54, 1.807) is 4.68 Å². The molecule has 0 atom stereocenters. The van der Waals surface area contributed by atoms with Gasteiger partial charge in [-0.05, 0) is 17.4 Å². The molecule has 0 aliphatic rings. The molecule has 0 bridgehead atoms. The lowest BCUT2D eigenvalue weighted by atomic mass is 10.7. The van der Waals surface area contributed by atoms with E-state index in [2.05, 4.69) is 21.0 Å². The zero-order valence-corrected chi connectivity index (χ0v) is 5.07. The van der Waals surface area contributed by atoms with Crippen LogP contribution in [0.3, 0.4) is 0 Å². The molecule has 3 N–H and O–H groups in total. The van der Waals surface area contributed by atoms with Gasteiger partial charge in [-0.2, -0.15) is 0 Å². The zero-order valence-electron chi connectivity index (χ0n) is 5.07. The molecule has 0 unspecified atom stereocenters. The van der Waals surface area contributed by atoms with Crippen molar-refractivity contribution >= 4 is 5.95 Å². The van der Waals surface area contributed by atoms with Crippen molar-refractivity contribution in [3.63, 3.8) is 0 Å². The summed E-state index contributed by atoms with van der Waals surface area (Å²) in [6.45, 7) is 2.64. The van der Waals surface area contributed by atoms with Gasteiger partial charge in [-0.25, -0.2) is 10.5 Å². The van der Waals surface area contributed by atoms with Crippen LogP contribution in [0.15, 0.2) is 0 Å². The van der Waals surface area contributed by atoms with Crippen LogP contribution in [-0.4, -0.2) is 20.2 Å². The molecule has 6 nitrogen and oxygen atoms in total. The molecule has 0 amide bonds. The second-order valence-electron chi connectivity index (χ2n) is 1.46. The molecule has 50 valence electrons. The first-order valence-corrected chi connectivity index (χ1v) is 2.61. The van der Waals surface area contributed by atoms with Crippen LogP contribution in [0.25, 0.3) is 0 Å². The molecular formula is C3H8N6. The van der Waals surface area contributed by atoms with E-state index in [4.69, 9.17) is 5.84 Å². The fourth-order valence-electron chi connectivity index (χ4n) is 0.521. The number of hydrogen-bond acceptors (Lipinski definition) is 5. The number of nitrogens with two attached hydrogens (primary N) is 1. The third-order valence-corrected chi connectivity index (χ3v) is 0.961. The third kappa shape index (κ3) is 0.968. The molecule has 0 fully saturated rings. The standard InChI is InChI=1S/C3H8N6/c1-2-9-3(5-4)6-7-8-9/h2,4H2,1H3,(H,5,6,8). The highest BCUT2D eigenvalue weighted by atomic mass is 15.6. The molecule has 0 saturated heterocycles. The number of hydrazine groups is 1. The number of nitrogen functional groups attached to an aromatic ring is 1. The number of nitrogens with one attached hydrogen (secondary N) is 1. The van der Waals surface area contributed by atoms with Crippen LogP contribution < -0.4 is 11.3 Å².